The molecule has 1 aliphatic rings. The number of hydrogen-bond donors (Lipinski definition) is 1. The summed E-state index contributed by atoms with van der Waals surface area (Å²) in [6.45, 7) is 4.00. The zero-order valence-electron chi connectivity index (χ0n) is 13.3. The molecule has 1 saturated heterocycles. The van der Waals surface area contributed by atoms with Gasteiger partial charge < -0.3 is 14.6 Å². The summed E-state index contributed by atoms with van der Waals surface area (Å²) in [5, 5.41) is 10.5. The van der Waals surface area contributed by atoms with Gasteiger partial charge in [0.05, 0.1) is 20.3 Å². The second-order valence-corrected chi connectivity index (χ2v) is 5.68. The van der Waals surface area contributed by atoms with Gasteiger partial charge in [-0.25, -0.2) is 0 Å². The van der Waals surface area contributed by atoms with E-state index in [1.165, 1.54) is 19.3 Å². The van der Waals surface area contributed by atoms with Crippen LogP contribution in [-0.4, -0.2) is 43.4 Å². The highest BCUT2D eigenvalue weighted by atomic mass is 16.5. The maximum Gasteiger partial charge on any atom is 0.161 e. The van der Waals surface area contributed by atoms with Gasteiger partial charge >= 0.3 is 0 Å². The molecular formula is C17H27NO3. The number of β-amino-alcohol motifs (C(OH)–C–C–N with tert-alkyl or cyclic N) is 1. The zero-order chi connectivity index (χ0) is 15.2. The molecule has 1 N–H and O–H groups in total. The third kappa shape index (κ3) is 3.89. The largest absolute Gasteiger partial charge is 0.493 e. The second kappa shape index (κ2) is 7.66. The lowest BCUT2D eigenvalue weighted by Gasteiger charge is -2.36. The summed E-state index contributed by atoms with van der Waals surface area (Å²) in [5.74, 6) is 1.36. The molecule has 0 saturated carbocycles. The van der Waals surface area contributed by atoms with Crippen LogP contribution in [0.25, 0.3) is 0 Å². The van der Waals surface area contributed by atoms with E-state index in [0.717, 1.165) is 18.5 Å². The first-order valence-electron chi connectivity index (χ1n) is 7.83. The Balaban J connectivity index is 2.07. The predicted octanol–water partition coefficient (Wildman–Crippen LogP) is 3.00. The minimum Gasteiger partial charge on any atom is -0.493 e. The highest BCUT2D eigenvalue weighted by Gasteiger charge is 2.23. The van der Waals surface area contributed by atoms with Crippen LogP contribution in [0.2, 0.25) is 0 Å². The van der Waals surface area contributed by atoms with E-state index in [9.17, 15) is 5.11 Å². The molecule has 1 heterocycles. The molecule has 2 rings (SSSR count). The number of ether oxygens (including phenoxy) is 2. The summed E-state index contributed by atoms with van der Waals surface area (Å²) in [6.07, 6.45) is 4.45. The van der Waals surface area contributed by atoms with Gasteiger partial charge in [-0.3, -0.25) is 4.90 Å². The van der Waals surface area contributed by atoms with Crippen LogP contribution in [0.4, 0.5) is 0 Å². The van der Waals surface area contributed by atoms with Crippen LogP contribution in [0.1, 0.15) is 44.3 Å². The van der Waals surface area contributed by atoms with Crippen molar-refractivity contribution in [2.45, 2.75) is 44.8 Å². The monoisotopic (exact) mass is 293 g/mol. The van der Waals surface area contributed by atoms with Crippen molar-refractivity contribution in [1.29, 1.82) is 0 Å². The van der Waals surface area contributed by atoms with Gasteiger partial charge in [-0.15, -0.1) is 0 Å². The first-order valence-corrected chi connectivity index (χ1v) is 7.83. The third-order valence-corrected chi connectivity index (χ3v) is 4.42. The Kier molecular flexibility index (Phi) is 5.88. The molecular weight excluding hydrogens is 266 g/mol. The second-order valence-electron chi connectivity index (χ2n) is 5.68. The Hall–Kier alpha value is -1.26. The van der Waals surface area contributed by atoms with E-state index >= 15 is 0 Å². The number of nitrogens with zero attached hydrogens (tertiary/aromatic N) is 1. The van der Waals surface area contributed by atoms with E-state index in [0.29, 0.717) is 24.1 Å². The van der Waals surface area contributed by atoms with Crippen LogP contribution in [-0.2, 0) is 0 Å². The highest BCUT2D eigenvalue weighted by Crippen LogP contribution is 2.31. The summed E-state index contributed by atoms with van der Waals surface area (Å²) < 4.78 is 10.5. The van der Waals surface area contributed by atoms with Crippen molar-refractivity contribution in [3.05, 3.63) is 23.8 Å². The number of rotatable bonds is 6. The number of aliphatic hydroxyl groups is 1. The number of piperidine rings is 1. The molecule has 0 bridgehead atoms. The van der Waals surface area contributed by atoms with Crippen molar-refractivity contribution < 1.29 is 14.6 Å². The van der Waals surface area contributed by atoms with Crippen LogP contribution in [0.15, 0.2) is 18.2 Å². The Morgan fingerprint density at radius 3 is 2.67 bits per heavy atom. The first-order chi connectivity index (χ1) is 10.2. The zero-order valence-corrected chi connectivity index (χ0v) is 13.3. The van der Waals surface area contributed by atoms with Crippen molar-refractivity contribution in [2.24, 2.45) is 0 Å². The average molecular weight is 293 g/mol. The number of aliphatic hydroxyl groups excluding tert-OH is 1. The van der Waals surface area contributed by atoms with Gasteiger partial charge in [-0.05, 0) is 43.5 Å². The molecule has 1 aromatic carbocycles. The average Bonchev–Trinajstić information content (AvgIpc) is 2.54. The molecule has 21 heavy (non-hydrogen) atoms. The molecule has 2 atom stereocenters. The summed E-state index contributed by atoms with van der Waals surface area (Å²) in [4.78, 5) is 2.42. The molecule has 0 aliphatic carbocycles. The topological polar surface area (TPSA) is 41.9 Å². The lowest BCUT2D eigenvalue weighted by molar-refractivity contribution is 0.0655. The Morgan fingerprint density at radius 1 is 1.24 bits per heavy atom. The summed E-state index contributed by atoms with van der Waals surface area (Å²) in [5.41, 5.74) is 0.882. The van der Waals surface area contributed by atoms with Gasteiger partial charge in [-0.2, -0.15) is 0 Å². The van der Waals surface area contributed by atoms with Gasteiger partial charge in [-0.1, -0.05) is 19.4 Å². The van der Waals surface area contributed by atoms with E-state index in [4.69, 9.17) is 9.47 Å². The minimum absolute atomic E-state index is 0.489. The minimum atomic E-state index is -0.489. The standard InChI is InChI=1S/C17H27NO3/c1-4-14-7-5-6-10-18(14)12-15(19)13-8-9-16(20-2)17(11-13)21-3/h8-9,11,14-15,19H,4-7,10,12H2,1-3H3. The number of hydrogen-bond acceptors (Lipinski definition) is 4. The molecule has 2 unspecified atom stereocenters. The first kappa shape index (κ1) is 16.1. The number of likely N-dealkylation sites (tertiary alicyclic amines) is 1. The molecule has 1 aromatic rings. The maximum absolute atomic E-state index is 10.5. The van der Waals surface area contributed by atoms with Crippen molar-refractivity contribution in [1.82, 2.24) is 4.90 Å². The van der Waals surface area contributed by atoms with E-state index < -0.39 is 6.10 Å². The molecule has 0 spiro atoms. The summed E-state index contributed by atoms with van der Waals surface area (Å²) in [6, 6.07) is 6.24. The third-order valence-electron chi connectivity index (χ3n) is 4.42. The van der Waals surface area contributed by atoms with Crippen LogP contribution in [0.3, 0.4) is 0 Å². The van der Waals surface area contributed by atoms with Crippen molar-refractivity contribution >= 4 is 0 Å². The lowest BCUT2D eigenvalue weighted by Crippen LogP contribution is -2.41. The summed E-state index contributed by atoms with van der Waals surface area (Å²) >= 11 is 0. The molecule has 1 aliphatic heterocycles. The maximum atomic E-state index is 10.5. The Morgan fingerprint density at radius 2 is 2.00 bits per heavy atom. The van der Waals surface area contributed by atoms with Crippen LogP contribution in [0, 0.1) is 0 Å². The number of benzene rings is 1. The normalized spacial score (nSPS) is 21.0. The van der Waals surface area contributed by atoms with Gasteiger partial charge in [0.15, 0.2) is 11.5 Å². The lowest BCUT2D eigenvalue weighted by atomic mass is 9.98. The van der Waals surface area contributed by atoms with Gasteiger partial charge in [0.1, 0.15) is 0 Å². The SMILES string of the molecule is CCC1CCCCN1CC(O)c1ccc(OC)c(OC)c1. The molecule has 1 fully saturated rings. The van der Waals surface area contributed by atoms with Crippen LogP contribution in [0.5, 0.6) is 11.5 Å². The molecule has 0 amide bonds. The summed E-state index contributed by atoms with van der Waals surface area (Å²) in [7, 11) is 3.24. The van der Waals surface area contributed by atoms with Gasteiger partial charge in [0, 0.05) is 12.6 Å². The van der Waals surface area contributed by atoms with Crippen molar-refractivity contribution in [3.8, 4) is 11.5 Å². The predicted molar refractivity (Wildman–Crippen MR) is 84.0 cm³/mol. The highest BCUT2D eigenvalue weighted by molar-refractivity contribution is 5.43. The Bertz CT molecular complexity index is 450. The van der Waals surface area contributed by atoms with Gasteiger partial charge in [0.25, 0.3) is 0 Å². The molecule has 0 radical (unpaired) electrons. The quantitative estimate of drug-likeness (QED) is 0.875. The smallest absolute Gasteiger partial charge is 0.161 e. The molecule has 0 aromatic heterocycles. The van der Waals surface area contributed by atoms with E-state index in [1.807, 2.05) is 18.2 Å². The molecule has 4 heteroatoms. The molecule has 4 nitrogen and oxygen atoms in total. The van der Waals surface area contributed by atoms with Crippen molar-refractivity contribution in [2.75, 3.05) is 27.3 Å². The van der Waals surface area contributed by atoms with Crippen LogP contribution >= 0.6 is 0 Å². The van der Waals surface area contributed by atoms with E-state index in [2.05, 4.69) is 11.8 Å². The fourth-order valence-electron chi connectivity index (χ4n) is 3.15. The van der Waals surface area contributed by atoms with E-state index in [-0.39, 0.29) is 0 Å². The van der Waals surface area contributed by atoms with E-state index in [1.54, 1.807) is 14.2 Å². The number of methoxy groups -OCH3 is 2. The fourth-order valence-corrected chi connectivity index (χ4v) is 3.15. The van der Waals surface area contributed by atoms with Crippen LogP contribution < -0.4 is 9.47 Å². The molecule has 118 valence electrons. The van der Waals surface area contributed by atoms with Crippen molar-refractivity contribution in [3.63, 3.8) is 0 Å². The fraction of sp³-hybridized carbons (Fsp3) is 0.647. The van der Waals surface area contributed by atoms with Gasteiger partial charge in [0.2, 0.25) is 0 Å². The Labute approximate surface area is 127 Å².